The smallest absolute Gasteiger partial charge is 0.227 e. The third kappa shape index (κ3) is 3.91. The minimum Gasteiger partial charge on any atom is -0.324 e. The van der Waals surface area contributed by atoms with E-state index < -0.39 is 0 Å². The van der Waals surface area contributed by atoms with Crippen LogP contribution >= 0.6 is 23.2 Å². The van der Waals surface area contributed by atoms with Crippen molar-refractivity contribution in [1.82, 2.24) is 9.97 Å². The summed E-state index contributed by atoms with van der Waals surface area (Å²) in [6, 6.07) is 22.4. The van der Waals surface area contributed by atoms with Gasteiger partial charge in [-0.2, -0.15) is 0 Å². The second-order valence-electron chi connectivity index (χ2n) is 7.66. The summed E-state index contributed by atoms with van der Waals surface area (Å²) in [6.07, 6.45) is 3.50. The molecule has 4 aromatic rings. The van der Waals surface area contributed by atoms with Gasteiger partial charge in [0, 0.05) is 23.4 Å². The fourth-order valence-corrected chi connectivity index (χ4v) is 4.41. The Morgan fingerprint density at radius 3 is 2.55 bits per heavy atom. The number of nitrogens with zero attached hydrogens (tertiary/aromatic N) is 2. The van der Waals surface area contributed by atoms with Crippen molar-refractivity contribution in [3.8, 4) is 11.3 Å². The van der Waals surface area contributed by atoms with E-state index in [4.69, 9.17) is 28.2 Å². The lowest BCUT2D eigenvalue weighted by molar-refractivity contribution is 0.782. The Labute approximate surface area is 192 Å². The molecule has 0 saturated heterocycles. The molecule has 1 heterocycles. The second-order valence-corrected chi connectivity index (χ2v) is 8.47. The van der Waals surface area contributed by atoms with E-state index in [1.165, 1.54) is 11.1 Å². The van der Waals surface area contributed by atoms with Gasteiger partial charge < -0.3 is 5.32 Å². The molecule has 1 N–H and O–H groups in total. The predicted octanol–water partition coefficient (Wildman–Crippen LogP) is 7.26. The molecule has 0 aliphatic heterocycles. The van der Waals surface area contributed by atoms with Crippen molar-refractivity contribution in [3.63, 3.8) is 0 Å². The number of rotatable bonds is 4. The zero-order chi connectivity index (χ0) is 21.4. The minimum absolute atomic E-state index is 0.177. The van der Waals surface area contributed by atoms with Crippen molar-refractivity contribution < 1.29 is 0 Å². The first-order valence-corrected chi connectivity index (χ1v) is 10.9. The summed E-state index contributed by atoms with van der Waals surface area (Å²) in [5, 5.41) is 4.46. The van der Waals surface area contributed by atoms with Crippen molar-refractivity contribution in [1.29, 1.82) is 0 Å². The van der Waals surface area contributed by atoms with Gasteiger partial charge in [0.25, 0.3) is 0 Å². The molecule has 0 amide bonds. The van der Waals surface area contributed by atoms with E-state index in [0.717, 1.165) is 40.9 Å². The average Bonchev–Trinajstić information content (AvgIpc) is 2.81. The Morgan fingerprint density at radius 1 is 0.968 bits per heavy atom. The van der Waals surface area contributed by atoms with Gasteiger partial charge in [0.1, 0.15) is 0 Å². The van der Waals surface area contributed by atoms with E-state index >= 15 is 0 Å². The van der Waals surface area contributed by atoms with Crippen molar-refractivity contribution in [2.45, 2.75) is 18.8 Å². The van der Waals surface area contributed by atoms with Gasteiger partial charge in [-0.15, -0.1) is 0 Å². The van der Waals surface area contributed by atoms with Gasteiger partial charge in [0.2, 0.25) is 5.95 Å². The van der Waals surface area contributed by atoms with Gasteiger partial charge in [-0.25, -0.2) is 9.97 Å². The standard InChI is InChI=1S/C26H20Cl2N3/c1-2-16-7-10-19(11-8-16)30-26-29-15-18-13-22(17-9-12-23(27)24(28)14-17)20-5-3-4-6-21(20)25(18)31-26/h3-12,14-15,22H,1-2,13H2,(H,29,30,31)/t22-/m1/s1. The highest BCUT2D eigenvalue weighted by Crippen LogP contribution is 2.42. The summed E-state index contributed by atoms with van der Waals surface area (Å²) in [7, 11) is 0. The number of fused-ring (bicyclic) bond motifs is 3. The van der Waals surface area contributed by atoms with Crippen LogP contribution in [0.3, 0.4) is 0 Å². The number of nitrogens with one attached hydrogen (secondary N) is 1. The molecule has 1 atom stereocenters. The maximum Gasteiger partial charge on any atom is 0.227 e. The largest absolute Gasteiger partial charge is 0.324 e. The average molecular weight is 445 g/mol. The molecule has 31 heavy (non-hydrogen) atoms. The number of hydrogen-bond acceptors (Lipinski definition) is 3. The summed E-state index contributed by atoms with van der Waals surface area (Å²) < 4.78 is 0. The molecule has 1 aliphatic rings. The van der Waals surface area contributed by atoms with Crippen LogP contribution in [-0.4, -0.2) is 9.97 Å². The summed E-state index contributed by atoms with van der Waals surface area (Å²) in [5.74, 6) is 0.764. The van der Waals surface area contributed by atoms with Crippen molar-refractivity contribution >= 4 is 34.8 Å². The zero-order valence-electron chi connectivity index (χ0n) is 16.8. The monoisotopic (exact) mass is 444 g/mol. The maximum absolute atomic E-state index is 6.31. The molecule has 153 valence electrons. The topological polar surface area (TPSA) is 37.8 Å². The fourth-order valence-electron chi connectivity index (χ4n) is 4.11. The van der Waals surface area contributed by atoms with E-state index in [0.29, 0.717) is 16.0 Å². The summed E-state index contributed by atoms with van der Waals surface area (Å²) in [6.45, 7) is 3.92. The van der Waals surface area contributed by atoms with Crippen LogP contribution < -0.4 is 5.32 Å². The number of anilines is 2. The Balaban J connectivity index is 1.51. The van der Waals surface area contributed by atoms with E-state index in [-0.39, 0.29) is 5.92 Å². The van der Waals surface area contributed by atoms with E-state index in [9.17, 15) is 0 Å². The fraction of sp³-hybridized carbons (Fsp3) is 0.115. The van der Waals surface area contributed by atoms with Gasteiger partial charge >= 0.3 is 0 Å². The minimum atomic E-state index is 0.177. The second kappa shape index (κ2) is 8.33. The van der Waals surface area contributed by atoms with E-state index in [2.05, 4.69) is 47.6 Å². The van der Waals surface area contributed by atoms with Crippen LogP contribution in [0.2, 0.25) is 10.0 Å². The van der Waals surface area contributed by atoms with E-state index in [1.54, 1.807) is 0 Å². The highest BCUT2D eigenvalue weighted by atomic mass is 35.5. The molecule has 3 nitrogen and oxygen atoms in total. The highest BCUT2D eigenvalue weighted by molar-refractivity contribution is 6.42. The Hall–Kier alpha value is -2.88. The lowest BCUT2D eigenvalue weighted by Gasteiger charge is -2.27. The highest BCUT2D eigenvalue weighted by Gasteiger charge is 2.27. The van der Waals surface area contributed by atoms with E-state index in [1.807, 2.05) is 42.6 Å². The van der Waals surface area contributed by atoms with Crippen LogP contribution in [0.25, 0.3) is 11.3 Å². The Morgan fingerprint density at radius 2 is 1.77 bits per heavy atom. The molecule has 0 bridgehead atoms. The molecule has 0 unspecified atom stereocenters. The Bertz CT molecular complexity index is 1250. The molecule has 1 radical (unpaired) electrons. The normalized spacial score (nSPS) is 14.6. The SMILES string of the molecule is [CH2]Cc1ccc(Nc2ncc3c(n2)-c2ccccc2[C@@H](c2ccc(Cl)c(Cl)c2)C3)cc1. The lowest BCUT2D eigenvalue weighted by Crippen LogP contribution is -2.15. The number of benzene rings is 3. The van der Waals surface area contributed by atoms with Crippen molar-refractivity contribution in [2.24, 2.45) is 0 Å². The molecular formula is C26H20Cl2N3. The van der Waals surface area contributed by atoms with Gasteiger partial charge in [0.15, 0.2) is 0 Å². The van der Waals surface area contributed by atoms with Crippen molar-refractivity contribution in [2.75, 3.05) is 5.32 Å². The molecular weight excluding hydrogens is 425 g/mol. The number of hydrogen-bond donors (Lipinski definition) is 1. The first-order chi connectivity index (χ1) is 15.1. The molecule has 1 aromatic heterocycles. The van der Waals surface area contributed by atoms with Crippen LogP contribution in [0.5, 0.6) is 0 Å². The quantitative estimate of drug-likeness (QED) is 0.359. The van der Waals surface area contributed by atoms with Gasteiger partial charge in [0.05, 0.1) is 15.7 Å². The first kappa shape index (κ1) is 20.0. The van der Waals surface area contributed by atoms with Gasteiger partial charge in [-0.3, -0.25) is 0 Å². The predicted molar refractivity (Wildman–Crippen MR) is 128 cm³/mol. The van der Waals surface area contributed by atoms with Crippen molar-refractivity contribution in [3.05, 3.63) is 112 Å². The number of aromatic nitrogens is 2. The summed E-state index contributed by atoms with van der Waals surface area (Å²) in [5.41, 5.74) is 7.73. The molecule has 3 aromatic carbocycles. The van der Waals surface area contributed by atoms with Crippen LogP contribution in [0, 0.1) is 6.92 Å². The molecule has 1 aliphatic carbocycles. The van der Waals surface area contributed by atoms with Crippen LogP contribution in [0.1, 0.15) is 28.2 Å². The third-order valence-corrected chi connectivity index (χ3v) is 6.46. The van der Waals surface area contributed by atoms with Gasteiger partial charge in [-0.05, 0) is 66.3 Å². The Kier molecular flexibility index (Phi) is 5.39. The van der Waals surface area contributed by atoms with Crippen LogP contribution in [0.15, 0.2) is 72.9 Å². The summed E-state index contributed by atoms with van der Waals surface area (Å²) in [4.78, 5) is 9.45. The lowest BCUT2D eigenvalue weighted by atomic mass is 9.78. The molecule has 5 rings (SSSR count). The zero-order valence-corrected chi connectivity index (χ0v) is 18.3. The van der Waals surface area contributed by atoms with Gasteiger partial charge in [-0.1, -0.05) is 65.7 Å². The maximum atomic E-state index is 6.31. The third-order valence-electron chi connectivity index (χ3n) is 5.72. The summed E-state index contributed by atoms with van der Waals surface area (Å²) >= 11 is 12.4. The molecule has 5 heteroatoms. The molecule has 0 saturated carbocycles. The van der Waals surface area contributed by atoms with Crippen LogP contribution in [-0.2, 0) is 12.8 Å². The first-order valence-electron chi connectivity index (χ1n) is 10.2. The molecule has 0 spiro atoms. The van der Waals surface area contributed by atoms with Crippen LogP contribution in [0.4, 0.5) is 11.6 Å². The molecule has 0 fully saturated rings. The number of halogens is 2.